The number of ether oxygens (including phenoxy) is 1. The van der Waals surface area contributed by atoms with E-state index >= 15 is 0 Å². The molecule has 1 unspecified atom stereocenters. The third kappa shape index (κ3) is 4.51. The van der Waals surface area contributed by atoms with Crippen LogP contribution in [-0.2, 0) is 11.2 Å². The van der Waals surface area contributed by atoms with Gasteiger partial charge in [-0.3, -0.25) is 4.79 Å². The second-order valence-electron chi connectivity index (χ2n) is 6.88. The fourth-order valence-corrected chi connectivity index (χ4v) is 3.16. The van der Waals surface area contributed by atoms with E-state index in [1.54, 1.807) is 29.6 Å². The second-order valence-corrected chi connectivity index (χ2v) is 6.88. The lowest BCUT2D eigenvalue weighted by Crippen LogP contribution is -2.37. The summed E-state index contributed by atoms with van der Waals surface area (Å²) in [6, 6.07) is 7.96. The van der Waals surface area contributed by atoms with Crippen LogP contribution in [0.15, 0.2) is 30.5 Å². The van der Waals surface area contributed by atoms with Gasteiger partial charge in [0.25, 0.3) is 0 Å². The molecular weight excluding hydrogens is 373 g/mol. The van der Waals surface area contributed by atoms with Crippen LogP contribution in [0.25, 0.3) is 5.65 Å². The van der Waals surface area contributed by atoms with Crippen LogP contribution in [0.2, 0.25) is 0 Å². The lowest BCUT2D eigenvalue weighted by Gasteiger charge is -2.16. The van der Waals surface area contributed by atoms with Gasteiger partial charge in [-0.25, -0.2) is 13.9 Å². The number of carbonyl (C=O) groups is 1. The molecule has 0 spiro atoms. The van der Waals surface area contributed by atoms with Crippen LogP contribution < -0.4 is 10.1 Å². The largest absolute Gasteiger partial charge is 0.488 e. The Morgan fingerprint density at radius 1 is 1.38 bits per heavy atom. The van der Waals surface area contributed by atoms with E-state index in [0.29, 0.717) is 17.6 Å². The van der Waals surface area contributed by atoms with Crippen LogP contribution in [0, 0.1) is 31.0 Å². The van der Waals surface area contributed by atoms with Crippen molar-refractivity contribution in [2.24, 2.45) is 0 Å². The first-order chi connectivity index (χ1) is 13.9. The maximum absolute atomic E-state index is 13.6. The summed E-state index contributed by atoms with van der Waals surface area (Å²) in [6.07, 6.45) is 2.25. The molecule has 150 valence electrons. The number of nitrogens with zero attached hydrogens (tertiary/aromatic N) is 4. The van der Waals surface area contributed by atoms with Crippen molar-refractivity contribution in [1.82, 2.24) is 19.9 Å². The number of nitrogens with one attached hydrogen (secondary N) is 1. The van der Waals surface area contributed by atoms with E-state index in [2.05, 4.69) is 21.5 Å². The van der Waals surface area contributed by atoms with Gasteiger partial charge in [-0.05, 0) is 44.9 Å². The van der Waals surface area contributed by atoms with Crippen molar-refractivity contribution in [3.8, 4) is 11.8 Å². The molecule has 7 nitrogen and oxygen atoms in total. The number of fused-ring (bicyclic) bond motifs is 1. The highest BCUT2D eigenvalue weighted by Crippen LogP contribution is 2.18. The fraction of sp³-hybridized carbons (Fsp3) is 0.333. The van der Waals surface area contributed by atoms with Gasteiger partial charge < -0.3 is 10.1 Å². The molecule has 0 aliphatic heterocycles. The minimum atomic E-state index is -0.432. The van der Waals surface area contributed by atoms with E-state index in [1.165, 1.54) is 12.3 Å². The second kappa shape index (κ2) is 8.69. The van der Waals surface area contributed by atoms with Gasteiger partial charge in [0, 0.05) is 17.8 Å². The van der Waals surface area contributed by atoms with Gasteiger partial charge in [0.15, 0.2) is 17.2 Å². The molecule has 29 heavy (non-hydrogen) atoms. The predicted molar refractivity (Wildman–Crippen MR) is 105 cm³/mol. The van der Waals surface area contributed by atoms with Crippen LogP contribution >= 0.6 is 0 Å². The number of hydrogen-bond donors (Lipinski definition) is 1. The molecule has 0 radical (unpaired) electrons. The van der Waals surface area contributed by atoms with Crippen molar-refractivity contribution in [3.63, 3.8) is 0 Å². The molecule has 8 heteroatoms. The van der Waals surface area contributed by atoms with Gasteiger partial charge >= 0.3 is 0 Å². The average molecular weight is 395 g/mol. The maximum atomic E-state index is 13.6. The molecule has 2 aromatic heterocycles. The topological polar surface area (TPSA) is 92.3 Å². The van der Waals surface area contributed by atoms with Crippen LogP contribution in [0.4, 0.5) is 4.39 Å². The number of aryl methyl sites for hydroxylation is 2. The third-order valence-electron chi connectivity index (χ3n) is 4.66. The van der Waals surface area contributed by atoms with Crippen molar-refractivity contribution in [2.75, 3.05) is 6.61 Å². The normalized spacial score (nSPS) is 11.8. The standard InChI is InChI=1S/C21H22FN5O2/c1-13(12-29-19-7-5-4-6-18(19)22)25-20(28)9-8-17-14(2)26-21-16(10-23)11-24-27(21)15(17)3/h4-7,11,13H,8-9,12H2,1-3H3,(H,25,28). The Labute approximate surface area is 168 Å². The number of benzene rings is 1. The first kappa shape index (κ1) is 20.3. The van der Waals surface area contributed by atoms with E-state index < -0.39 is 5.82 Å². The van der Waals surface area contributed by atoms with Gasteiger partial charge in [0.05, 0.1) is 12.2 Å². The molecule has 0 aliphatic rings. The van der Waals surface area contributed by atoms with Crippen LogP contribution in [0.5, 0.6) is 5.75 Å². The summed E-state index contributed by atoms with van der Waals surface area (Å²) in [5.41, 5.74) is 3.50. The van der Waals surface area contributed by atoms with Crippen LogP contribution in [-0.4, -0.2) is 33.2 Å². The highest BCUT2D eigenvalue weighted by atomic mass is 19.1. The van der Waals surface area contributed by atoms with Crippen LogP contribution in [0.1, 0.15) is 35.9 Å². The van der Waals surface area contributed by atoms with Crippen LogP contribution in [0.3, 0.4) is 0 Å². The number of hydrogen-bond acceptors (Lipinski definition) is 5. The quantitative estimate of drug-likeness (QED) is 0.664. The first-order valence-corrected chi connectivity index (χ1v) is 9.31. The molecule has 3 rings (SSSR count). The predicted octanol–water partition coefficient (Wildman–Crippen LogP) is 2.87. The number of carbonyl (C=O) groups excluding carboxylic acids is 1. The number of halogens is 1. The van der Waals surface area contributed by atoms with Crippen molar-refractivity contribution < 1.29 is 13.9 Å². The average Bonchev–Trinajstić information content (AvgIpc) is 3.10. The summed E-state index contributed by atoms with van der Waals surface area (Å²) in [5.74, 6) is -0.403. The zero-order chi connectivity index (χ0) is 21.0. The van der Waals surface area contributed by atoms with Gasteiger partial charge in [-0.15, -0.1) is 0 Å². The third-order valence-corrected chi connectivity index (χ3v) is 4.66. The molecular formula is C21H22FN5O2. The van der Waals surface area contributed by atoms with Crippen molar-refractivity contribution in [3.05, 3.63) is 58.8 Å². The van der Waals surface area contributed by atoms with Crippen molar-refractivity contribution in [2.45, 2.75) is 39.7 Å². The smallest absolute Gasteiger partial charge is 0.220 e. The maximum Gasteiger partial charge on any atom is 0.220 e. The number of para-hydroxylation sites is 1. The SMILES string of the molecule is Cc1nc2c(C#N)cnn2c(C)c1CCC(=O)NC(C)COc1ccccc1F. The molecule has 0 aliphatic carbocycles. The van der Waals surface area contributed by atoms with E-state index in [1.807, 2.05) is 13.8 Å². The summed E-state index contributed by atoms with van der Waals surface area (Å²) in [5, 5.41) is 16.2. The number of nitriles is 1. The highest BCUT2D eigenvalue weighted by molar-refractivity contribution is 5.76. The molecule has 2 heterocycles. The zero-order valence-electron chi connectivity index (χ0n) is 16.6. The highest BCUT2D eigenvalue weighted by Gasteiger charge is 2.16. The Kier molecular flexibility index (Phi) is 6.07. The van der Waals surface area contributed by atoms with Crippen molar-refractivity contribution in [1.29, 1.82) is 5.26 Å². The van der Waals surface area contributed by atoms with E-state index in [-0.39, 0.29) is 30.7 Å². The van der Waals surface area contributed by atoms with Crippen molar-refractivity contribution >= 4 is 11.6 Å². The van der Waals surface area contributed by atoms with E-state index in [4.69, 9.17) is 10.00 Å². The number of amides is 1. The summed E-state index contributed by atoms with van der Waals surface area (Å²) in [4.78, 5) is 16.8. The monoisotopic (exact) mass is 395 g/mol. The zero-order valence-corrected chi connectivity index (χ0v) is 16.6. The Morgan fingerprint density at radius 3 is 2.86 bits per heavy atom. The fourth-order valence-electron chi connectivity index (χ4n) is 3.16. The Bertz CT molecular complexity index is 1090. The number of aromatic nitrogens is 3. The lowest BCUT2D eigenvalue weighted by atomic mass is 10.1. The minimum absolute atomic E-state index is 0.133. The van der Waals surface area contributed by atoms with E-state index in [9.17, 15) is 9.18 Å². The summed E-state index contributed by atoms with van der Waals surface area (Å²) in [7, 11) is 0. The molecule has 0 saturated carbocycles. The Balaban J connectivity index is 1.58. The lowest BCUT2D eigenvalue weighted by molar-refractivity contribution is -0.121. The summed E-state index contributed by atoms with van der Waals surface area (Å²) >= 11 is 0. The molecule has 1 amide bonds. The van der Waals surface area contributed by atoms with Gasteiger partial charge in [0.2, 0.25) is 5.91 Å². The molecule has 0 saturated heterocycles. The molecule has 0 fully saturated rings. The molecule has 1 aromatic carbocycles. The van der Waals surface area contributed by atoms with E-state index in [0.717, 1.165) is 17.0 Å². The molecule has 1 N–H and O–H groups in total. The Hall–Kier alpha value is -3.47. The van der Waals surface area contributed by atoms with Gasteiger partial charge in [0.1, 0.15) is 18.2 Å². The Morgan fingerprint density at radius 2 is 2.14 bits per heavy atom. The minimum Gasteiger partial charge on any atom is -0.488 e. The first-order valence-electron chi connectivity index (χ1n) is 9.31. The summed E-state index contributed by atoms with van der Waals surface area (Å²) < 4.78 is 20.6. The van der Waals surface area contributed by atoms with Gasteiger partial charge in [-0.1, -0.05) is 12.1 Å². The summed E-state index contributed by atoms with van der Waals surface area (Å²) in [6.45, 7) is 5.73. The van der Waals surface area contributed by atoms with Gasteiger partial charge in [-0.2, -0.15) is 10.4 Å². The molecule has 0 bridgehead atoms. The molecule has 3 aromatic rings. The molecule has 1 atom stereocenters. The number of rotatable bonds is 7.